The number of nitrogens with zero attached hydrogens (tertiary/aromatic N) is 2. The molecule has 0 saturated heterocycles. The summed E-state index contributed by atoms with van der Waals surface area (Å²) in [6, 6.07) is 2.12. The Labute approximate surface area is 76.4 Å². The average molecular weight is 182 g/mol. The Hall–Kier alpha value is -0.950. The van der Waals surface area contributed by atoms with E-state index in [-0.39, 0.29) is 0 Å². The van der Waals surface area contributed by atoms with Gasteiger partial charge < -0.3 is 0 Å². The molecule has 1 heterocycles. The van der Waals surface area contributed by atoms with Gasteiger partial charge in [-0.2, -0.15) is 17.0 Å². The normalized spacial score (nSPS) is 9.67. The van der Waals surface area contributed by atoms with Crippen molar-refractivity contribution in [1.82, 2.24) is 4.98 Å². The van der Waals surface area contributed by atoms with Crippen LogP contribution in [0.3, 0.4) is 0 Å². The van der Waals surface area contributed by atoms with Crippen molar-refractivity contribution in [3.8, 4) is 6.07 Å². The molecule has 0 bridgehead atoms. The number of nitrogens with one attached hydrogen (secondary N) is 1. The number of H-pyrrole nitrogens is 1. The van der Waals surface area contributed by atoms with Crippen LogP contribution in [0.5, 0.6) is 0 Å². The molecular formula is C8H12N3S+. The first kappa shape index (κ1) is 9.14. The molecule has 1 rings (SSSR count). The molecule has 1 N–H and O–H groups in total. The molecule has 0 aromatic carbocycles. The van der Waals surface area contributed by atoms with Crippen molar-refractivity contribution in [2.75, 3.05) is 12.0 Å². The quantitative estimate of drug-likeness (QED) is 0.698. The number of aromatic nitrogens is 2. The summed E-state index contributed by atoms with van der Waals surface area (Å²) >= 11 is 1.81. The van der Waals surface area contributed by atoms with E-state index in [0.29, 0.717) is 6.54 Å². The highest BCUT2D eigenvalue weighted by atomic mass is 32.2. The highest BCUT2D eigenvalue weighted by molar-refractivity contribution is 7.98. The van der Waals surface area contributed by atoms with Crippen LogP contribution in [0, 0.1) is 11.3 Å². The van der Waals surface area contributed by atoms with E-state index in [0.717, 1.165) is 18.0 Å². The average Bonchev–Trinajstić information content (AvgIpc) is 2.50. The fourth-order valence-electron chi connectivity index (χ4n) is 1.04. The molecule has 0 amide bonds. The maximum Gasteiger partial charge on any atom is 0.255 e. The molecule has 0 unspecified atom stereocenters. The Morgan fingerprint density at radius 1 is 1.75 bits per heavy atom. The summed E-state index contributed by atoms with van der Waals surface area (Å²) in [5.74, 6) is 2.22. The Balaban J connectivity index is 2.58. The van der Waals surface area contributed by atoms with Crippen LogP contribution in [0.4, 0.5) is 0 Å². The number of thioether (sulfide) groups is 1. The van der Waals surface area contributed by atoms with E-state index in [1.807, 2.05) is 28.7 Å². The standard InChI is InChI=1S/C8H11N3S/c1-12-7-2-8-10-4-6-11(8)5-3-9/h4,6H,2,5,7H2,1H3/p+1. The van der Waals surface area contributed by atoms with Gasteiger partial charge in [0.2, 0.25) is 0 Å². The summed E-state index contributed by atoms with van der Waals surface area (Å²) in [5, 5.41) is 8.50. The molecule has 0 fully saturated rings. The number of aromatic amines is 1. The third kappa shape index (κ3) is 2.28. The van der Waals surface area contributed by atoms with Crippen molar-refractivity contribution in [3.05, 3.63) is 18.2 Å². The molecule has 3 nitrogen and oxygen atoms in total. The highest BCUT2D eigenvalue weighted by Crippen LogP contribution is 1.96. The lowest BCUT2D eigenvalue weighted by atomic mass is 10.4. The summed E-state index contributed by atoms with van der Waals surface area (Å²) < 4.78 is 1.94. The molecule has 0 aliphatic heterocycles. The molecule has 4 heteroatoms. The Bertz CT molecular complexity index is 274. The van der Waals surface area contributed by atoms with Crippen LogP contribution < -0.4 is 4.57 Å². The number of aryl methyl sites for hydroxylation is 1. The van der Waals surface area contributed by atoms with Crippen LogP contribution in [0.25, 0.3) is 0 Å². The van der Waals surface area contributed by atoms with E-state index < -0.39 is 0 Å². The molecule has 0 aliphatic rings. The third-order valence-corrected chi connectivity index (χ3v) is 2.25. The third-order valence-electron chi connectivity index (χ3n) is 1.64. The van der Waals surface area contributed by atoms with Crippen molar-refractivity contribution in [2.45, 2.75) is 13.0 Å². The summed E-state index contributed by atoms with van der Waals surface area (Å²) in [5.41, 5.74) is 0. The summed E-state index contributed by atoms with van der Waals surface area (Å²) in [6.07, 6.45) is 6.85. The first-order valence-corrected chi connectivity index (χ1v) is 5.19. The largest absolute Gasteiger partial charge is 0.255 e. The van der Waals surface area contributed by atoms with E-state index in [1.54, 1.807) is 0 Å². The van der Waals surface area contributed by atoms with Crippen molar-refractivity contribution in [2.24, 2.45) is 0 Å². The SMILES string of the molecule is CSCCc1[nH]cc[n+]1CC#N. The minimum Gasteiger partial charge on any atom is -0.248 e. The zero-order chi connectivity index (χ0) is 8.81. The maximum atomic E-state index is 8.50. The van der Waals surface area contributed by atoms with E-state index >= 15 is 0 Å². The van der Waals surface area contributed by atoms with Gasteiger partial charge in [-0.25, -0.2) is 9.55 Å². The Morgan fingerprint density at radius 2 is 2.58 bits per heavy atom. The van der Waals surface area contributed by atoms with Gasteiger partial charge in [-0.3, -0.25) is 0 Å². The monoisotopic (exact) mass is 182 g/mol. The number of imidazole rings is 1. The van der Waals surface area contributed by atoms with Gasteiger partial charge in [-0.15, -0.1) is 0 Å². The van der Waals surface area contributed by atoms with Gasteiger partial charge in [-0.05, 0) is 6.26 Å². The van der Waals surface area contributed by atoms with E-state index in [2.05, 4.69) is 17.3 Å². The molecule has 0 aliphatic carbocycles. The predicted molar refractivity (Wildman–Crippen MR) is 48.7 cm³/mol. The smallest absolute Gasteiger partial charge is 0.248 e. The van der Waals surface area contributed by atoms with Crippen LogP contribution in [-0.4, -0.2) is 17.0 Å². The second-order valence-electron chi connectivity index (χ2n) is 2.44. The fourth-order valence-corrected chi connectivity index (χ4v) is 1.43. The van der Waals surface area contributed by atoms with Gasteiger partial charge >= 0.3 is 0 Å². The lowest BCUT2D eigenvalue weighted by molar-refractivity contribution is -0.691. The number of nitriles is 1. The molecule has 0 radical (unpaired) electrons. The molecule has 0 atom stereocenters. The van der Waals surface area contributed by atoms with Gasteiger partial charge in [0.05, 0.1) is 6.42 Å². The predicted octanol–water partition coefficient (Wildman–Crippen LogP) is 0.731. The molecule has 1 aromatic heterocycles. The van der Waals surface area contributed by atoms with E-state index in [4.69, 9.17) is 5.26 Å². The Morgan fingerprint density at radius 3 is 3.25 bits per heavy atom. The van der Waals surface area contributed by atoms with Gasteiger partial charge in [0, 0.05) is 5.75 Å². The second kappa shape index (κ2) is 4.83. The molecular weight excluding hydrogens is 170 g/mol. The van der Waals surface area contributed by atoms with E-state index in [1.165, 1.54) is 0 Å². The van der Waals surface area contributed by atoms with Crippen molar-refractivity contribution >= 4 is 11.8 Å². The van der Waals surface area contributed by atoms with Crippen molar-refractivity contribution in [1.29, 1.82) is 5.26 Å². The van der Waals surface area contributed by atoms with Crippen LogP contribution >= 0.6 is 11.8 Å². The molecule has 0 spiro atoms. The zero-order valence-corrected chi connectivity index (χ0v) is 7.90. The van der Waals surface area contributed by atoms with Gasteiger partial charge in [0.1, 0.15) is 18.5 Å². The Kier molecular flexibility index (Phi) is 3.68. The number of hydrogen-bond acceptors (Lipinski definition) is 2. The van der Waals surface area contributed by atoms with Gasteiger partial charge in [-0.1, -0.05) is 0 Å². The first-order chi connectivity index (χ1) is 5.88. The van der Waals surface area contributed by atoms with Crippen molar-refractivity contribution in [3.63, 3.8) is 0 Å². The molecule has 0 saturated carbocycles. The fraction of sp³-hybridized carbons (Fsp3) is 0.500. The van der Waals surface area contributed by atoms with Crippen LogP contribution in [0.2, 0.25) is 0 Å². The lowest BCUT2D eigenvalue weighted by Crippen LogP contribution is -2.35. The second-order valence-corrected chi connectivity index (χ2v) is 3.42. The van der Waals surface area contributed by atoms with Crippen molar-refractivity contribution < 1.29 is 4.57 Å². The minimum absolute atomic E-state index is 0.438. The van der Waals surface area contributed by atoms with Crippen LogP contribution in [0.1, 0.15) is 5.82 Å². The zero-order valence-electron chi connectivity index (χ0n) is 7.08. The minimum atomic E-state index is 0.438. The molecule has 64 valence electrons. The molecule has 12 heavy (non-hydrogen) atoms. The number of rotatable bonds is 4. The summed E-state index contributed by atoms with van der Waals surface area (Å²) in [6.45, 7) is 0.438. The maximum absolute atomic E-state index is 8.50. The number of hydrogen-bond donors (Lipinski definition) is 1. The molecule has 1 aromatic rings. The van der Waals surface area contributed by atoms with Crippen LogP contribution in [-0.2, 0) is 13.0 Å². The van der Waals surface area contributed by atoms with Gasteiger partial charge in [0.15, 0.2) is 6.54 Å². The van der Waals surface area contributed by atoms with Crippen LogP contribution in [0.15, 0.2) is 12.4 Å². The summed E-state index contributed by atoms with van der Waals surface area (Å²) in [7, 11) is 0. The highest BCUT2D eigenvalue weighted by Gasteiger charge is 2.08. The topological polar surface area (TPSA) is 43.5 Å². The first-order valence-electron chi connectivity index (χ1n) is 3.80. The summed E-state index contributed by atoms with van der Waals surface area (Å²) in [4.78, 5) is 3.12. The lowest BCUT2D eigenvalue weighted by Gasteiger charge is -1.93. The van der Waals surface area contributed by atoms with E-state index in [9.17, 15) is 0 Å². The van der Waals surface area contributed by atoms with Gasteiger partial charge in [0.25, 0.3) is 5.82 Å².